The molecule has 3 aromatic rings. The van der Waals surface area contributed by atoms with Crippen LogP contribution >= 0.6 is 0 Å². The highest BCUT2D eigenvalue weighted by Gasteiger charge is 2.41. The summed E-state index contributed by atoms with van der Waals surface area (Å²) in [4.78, 5) is 28.1. The molecule has 1 amide bonds. The number of aromatic nitrogens is 1. The summed E-state index contributed by atoms with van der Waals surface area (Å²) in [6.45, 7) is 2.01. The third-order valence-electron chi connectivity index (χ3n) is 5.32. The van der Waals surface area contributed by atoms with Gasteiger partial charge in [-0.15, -0.1) is 0 Å². The lowest BCUT2D eigenvalue weighted by Crippen LogP contribution is -2.50. The van der Waals surface area contributed by atoms with Crippen LogP contribution in [0.25, 0.3) is 0 Å². The number of fused-ring (bicyclic) bond motifs is 1. The number of benzene rings is 2. The molecule has 30 heavy (non-hydrogen) atoms. The van der Waals surface area contributed by atoms with E-state index in [1.165, 1.54) is 18.2 Å². The Kier molecular flexibility index (Phi) is 4.95. The standard InChI is InChI=1S/C23H19FN2O4/c1-14-6-8-16(12-18(14)24)23(10-11-30-20-5-3-2-4-17(20)23)26-21(27)19-9-7-15(13-25-19)22(28)29/h2-9,12-13H,10-11H2,1H3,(H,26,27)(H,28,29)/t23-/m0/s1. The third kappa shape index (κ3) is 3.39. The summed E-state index contributed by atoms with van der Waals surface area (Å²) < 4.78 is 20.2. The second-order valence-corrected chi connectivity index (χ2v) is 7.16. The molecule has 2 heterocycles. The van der Waals surface area contributed by atoms with Crippen LogP contribution in [0.15, 0.2) is 60.8 Å². The van der Waals surface area contributed by atoms with Crippen molar-refractivity contribution in [2.24, 2.45) is 0 Å². The molecule has 0 unspecified atom stereocenters. The number of aryl methyl sites for hydroxylation is 1. The Labute approximate surface area is 172 Å². The van der Waals surface area contributed by atoms with Gasteiger partial charge in [0.1, 0.15) is 17.3 Å². The number of para-hydroxylation sites is 1. The average molecular weight is 406 g/mol. The van der Waals surface area contributed by atoms with Crippen LogP contribution in [0.2, 0.25) is 0 Å². The summed E-state index contributed by atoms with van der Waals surface area (Å²) in [7, 11) is 0. The lowest BCUT2D eigenvalue weighted by atomic mass is 9.78. The minimum Gasteiger partial charge on any atom is -0.493 e. The van der Waals surface area contributed by atoms with Gasteiger partial charge in [-0.05, 0) is 42.3 Å². The highest BCUT2D eigenvalue weighted by Crippen LogP contribution is 2.42. The monoisotopic (exact) mass is 406 g/mol. The van der Waals surface area contributed by atoms with Crippen LogP contribution < -0.4 is 10.1 Å². The normalized spacial score (nSPS) is 17.5. The number of nitrogens with one attached hydrogen (secondary N) is 1. The van der Waals surface area contributed by atoms with Crippen LogP contribution in [0.3, 0.4) is 0 Å². The predicted molar refractivity (Wildman–Crippen MR) is 107 cm³/mol. The lowest BCUT2D eigenvalue weighted by Gasteiger charge is -2.40. The van der Waals surface area contributed by atoms with Crippen LogP contribution in [-0.4, -0.2) is 28.6 Å². The fraction of sp³-hybridized carbons (Fsp3) is 0.174. The summed E-state index contributed by atoms with van der Waals surface area (Å²) in [5.41, 5.74) is 0.848. The Morgan fingerprint density at radius 3 is 2.67 bits per heavy atom. The minimum atomic E-state index is -1.13. The molecule has 0 bridgehead atoms. The van der Waals surface area contributed by atoms with Crippen LogP contribution in [-0.2, 0) is 5.54 Å². The van der Waals surface area contributed by atoms with Gasteiger partial charge in [0.2, 0.25) is 0 Å². The maximum atomic E-state index is 14.4. The van der Waals surface area contributed by atoms with Crippen molar-refractivity contribution in [1.29, 1.82) is 0 Å². The van der Waals surface area contributed by atoms with Crippen LogP contribution in [0, 0.1) is 12.7 Å². The molecule has 152 valence electrons. The molecule has 0 spiro atoms. The molecule has 1 atom stereocenters. The van der Waals surface area contributed by atoms with E-state index in [0.717, 1.165) is 11.8 Å². The predicted octanol–water partition coefficient (Wildman–Crippen LogP) is 3.68. The Balaban J connectivity index is 1.80. The number of carbonyl (C=O) groups is 2. The van der Waals surface area contributed by atoms with Crippen LogP contribution in [0.5, 0.6) is 5.75 Å². The van der Waals surface area contributed by atoms with E-state index >= 15 is 0 Å². The molecule has 1 aliphatic heterocycles. The topological polar surface area (TPSA) is 88.5 Å². The first-order valence-corrected chi connectivity index (χ1v) is 9.41. The van der Waals surface area contributed by atoms with E-state index in [9.17, 15) is 14.0 Å². The van der Waals surface area contributed by atoms with Crippen molar-refractivity contribution in [1.82, 2.24) is 10.3 Å². The first-order valence-electron chi connectivity index (χ1n) is 9.41. The summed E-state index contributed by atoms with van der Waals surface area (Å²) >= 11 is 0. The Hall–Kier alpha value is -3.74. The summed E-state index contributed by atoms with van der Waals surface area (Å²) in [5.74, 6) is -1.38. The molecule has 2 aromatic carbocycles. The molecule has 0 aliphatic carbocycles. The Bertz CT molecular complexity index is 1130. The fourth-order valence-corrected chi connectivity index (χ4v) is 3.67. The number of hydrogen-bond acceptors (Lipinski definition) is 4. The van der Waals surface area contributed by atoms with Gasteiger partial charge >= 0.3 is 5.97 Å². The van der Waals surface area contributed by atoms with Gasteiger partial charge in [0.05, 0.1) is 17.7 Å². The van der Waals surface area contributed by atoms with Crippen molar-refractivity contribution >= 4 is 11.9 Å². The molecule has 4 rings (SSSR count). The molecular formula is C23H19FN2O4. The largest absolute Gasteiger partial charge is 0.493 e. The number of aromatic carboxylic acids is 1. The minimum absolute atomic E-state index is 0.0155. The van der Waals surface area contributed by atoms with Crippen molar-refractivity contribution in [2.45, 2.75) is 18.9 Å². The molecule has 0 radical (unpaired) electrons. The second kappa shape index (κ2) is 7.59. The first-order chi connectivity index (χ1) is 14.4. The van der Waals surface area contributed by atoms with Gasteiger partial charge in [0, 0.05) is 18.2 Å². The summed E-state index contributed by atoms with van der Waals surface area (Å²) in [5, 5.41) is 12.1. The van der Waals surface area contributed by atoms with Gasteiger partial charge in [-0.1, -0.05) is 30.3 Å². The number of carboxylic acid groups (broad SMARTS) is 1. The Morgan fingerprint density at radius 2 is 1.97 bits per heavy atom. The van der Waals surface area contributed by atoms with Gasteiger partial charge in [-0.25, -0.2) is 9.18 Å². The SMILES string of the molecule is Cc1ccc([C@@]2(NC(=O)c3ccc(C(=O)O)cn3)CCOc3ccccc32)cc1F. The molecule has 6 nitrogen and oxygen atoms in total. The summed E-state index contributed by atoms with van der Waals surface area (Å²) in [6, 6.07) is 14.9. The Morgan fingerprint density at radius 1 is 1.17 bits per heavy atom. The molecular weight excluding hydrogens is 387 g/mol. The van der Waals surface area contributed by atoms with E-state index in [0.29, 0.717) is 29.9 Å². The van der Waals surface area contributed by atoms with Crippen molar-refractivity contribution in [3.05, 3.63) is 94.6 Å². The molecule has 0 fully saturated rings. The molecule has 0 saturated heterocycles. The van der Waals surface area contributed by atoms with Crippen molar-refractivity contribution in [2.75, 3.05) is 6.61 Å². The van der Waals surface area contributed by atoms with Crippen LogP contribution in [0.4, 0.5) is 4.39 Å². The van der Waals surface area contributed by atoms with Gasteiger partial charge in [0.15, 0.2) is 0 Å². The number of carboxylic acids is 1. The van der Waals surface area contributed by atoms with Crippen LogP contribution in [0.1, 0.15) is 44.0 Å². The van der Waals surface area contributed by atoms with E-state index in [1.54, 1.807) is 25.1 Å². The van der Waals surface area contributed by atoms with Gasteiger partial charge in [-0.2, -0.15) is 0 Å². The highest BCUT2D eigenvalue weighted by molar-refractivity contribution is 5.94. The van der Waals surface area contributed by atoms with E-state index in [4.69, 9.17) is 9.84 Å². The second-order valence-electron chi connectivity index (χ2n) is 7.16. The maximum Gasteiger partial charge on any atom is 0.337 e. The number of amides is 1. The zero-order valence-corrected chi connectivity index (χ0v) is 16.2. The molecule has 1 aliphatic rings. The van der Waals surface area contributed by atoms with E-state index in [1.807, 2.05) is 18.2 Å². The molecule has 2 N–H and O–H groups in total. The van der Waals surface area contributed by atoms with Gasteiger partial charge < -0.3 is 15.2 Å². The van der Waals surface area contributed by atoms with Gasteiger partial charge in [0.25, 0.3) is 5.91 Å². The number of rotatable bonds is 4. The summed E-state index contributed by atoms with van der Waals surface area (Å²) in [6.07, 6.45) is 1.53. The van der Waals surface area contributed by atoms with E-state index < -0.39 is 17.4 Å². The fourth-order valence-electron chi connectivity index (χ4n) is 3.67. The number of pyridine rings is 1. The zero-order chi connectivity index (χ0) is 21.3. The molecule has 0 saturated carbocycles. The van der Waals surface area contributed by atoms with Crippen molar-refractivity contribution in [3.8, 4) is 5.75 Å². The van der Waals surface area contributed by atoms with Gasteiger partial charge in [-0.3, -0.25) is 9.78 Å². The zero-order valence-electron chi connectivity index (χ0n) is 16.2. The first kappa shape index (κ1) is 19.6. The van der Waals surface area contributed by atoms with Crippen molar-refractivity contribution in [3.63, 3.8) is 0 Å². The quantitative estimate of drug-likeness (QED) is 0.690. The lowest BCUT2D eigenvalue weighted by molar-refractivity contribution is 0.0695. The van der Waals surface area contributed by atoms with Crippen molar-refractivity contribution < 1.29 is 23.8 Å². The molecule has 1 aromatic heterocycles. The number of ether oxygens (including phenoxy) is 1. The van der Waals surface area contributed by atoms with E-state index in [2.05, 4.69) is 10.3 Å². The number of nitrogens with zero attached hydrogens (tertiary/aromatic N) is 1. The maximum absolute atomic E-state index is 14.4. The van der Waals surface area contributed by atoms with E-state index in [-0.39, 0.29) is 17.1 Å². The number of carbonyl (C=O) groups excluding carboxylic acids is 1. The average Bonchev–Trinajstić information content (AvgIpc) is 2.76. The third-order valence-corrected chi connectivity index (χ3v) is 5.32. The highest BCUT2D eigenvalue weighted by atomic mass is 19.1. The number of hydrogen-bond donors (Lipinski definition) is 2. The molecule has 7 heteroatoms. The smallest absolute Gasteiger partial charge is 0.337 e. The number of halogens is 1.